The lowest BCUT2D eigenvalue weighted by Crippen LogP contribution is -2.03. The van der Waals surface area contributed by atoms with Crippen LogP contribution in [-0.4, -0.2) is 14.8 Å². The van der Waals surface area contributed by atoms with E-state index in [-0.39, 0.29) is 0 Å². The van der Waals surface area contributed by atoms with Crippen LogP contribution in [0.4, 0.5) is 5.82 Å². The Kier molecular flexibility index (Phi) is 3.33. The second kappa shape index (κ2) is 4.75. The molecule has 4 nitrogen and oxygen atoms in total. The fourth-order valence-electron chi connectivity index (χ4n) is 1.75. The average molecular weight is 251 g/mol. The average Bonchev–Trinajstić information content (AvgIpc) is 2.51. The highest BCUT2D eigenvalue weighted by atomic mass is 35.5. The molecule has 0 fully saturated rings. The molecule has 5 heteroatoms. The summed E-state index contributed by atoms with van der Waals surface area (Å²) in [6, 6.07) is 3.57. The third-order valence-electron chi connectivity index (χ3n) is 2.83. The molecule has 0 saturated carbocycles. The predicted molar refractivity (Wildman–Crippen MR) is 69.3 cm³/mol. The fourth-order valence-corrected chi connectivity index (χ4v) is 1.91. The molecule has 0 spiro atoms. The summed E-state index contributed by atoms with van der Waals surface area (Å²) in [5, 5.41) is 8.30. The summed E-state index contributed by atoms with van der Waals surface area (Å²) < 4.78 is 1.89. The zero-order valence-electron chi connectivity index (χ0n) is 10.2. The lowest BCUT2D eigenvalue weighted by Gasteiger charge is -2.06. The van der Waals surface area contributed by atoms with E-state index in [9.17, 15) is 0 Å². The molecule has 0 aliphatic heterocycles. The Morgan fingerprint density at radius 1 is 1.41 bits per heavy atom. The summed E-state index contributed by atoms with van der Waals surface area (Å²) >= 11 is 5.90. The third-order valence-corrected chi connectivity index (χ3v) is 3.06. The van der Waals surface area contributed by atoms with Crippen LogP contribution in [-0.2, 0) is 13.6 Å². The number of anilines is 1. The van der Waals surface area contributed by atoms with Crippen LogP contribution in [0.15, 0.2) is 18.3 Å². The molecule has 2 aromatic heterocycles. The van der Waals surface area contributed by atoms with E-state index in [2.05, 4.69) is 22.3 Å². The number of aryl methyl sites for hydroxylation is 2. The molecular formula is C12H15ClN4. The molecule has 2 rings (SSSR count). The van der Waals surface area contributed by atoms with Crippen molar-refractivity contribution in [2.24, 2.45) is 7.05 Å². The summed E-state index contributed by atoms with van der Waals surface area (Å²) in [5.41, 5.74) is 3.41. The monoisotopic (exact) mass is 250 g/mol. The van der Waals surface area contributed by atoms with E-state index in [1.807, 2.05) is 24.7 Å². The highest BCUT2D eigenvalue weighted by Gasteiger charge is 2.08. The normalized spacial score (nSPS) is 10.6. The molecule has 0 aliphatic rings. The van der Waals surface area contributed by atoms with Gasteiger partial charge in [0.15, 0.2) is 0 Å². The molecule has 0 bridgehead atoms. The lowest BCUT2D eigenvalue weighted by molar-refractivity contribution is 0.730. The zero-order valence-corrected chi connectivity index (χ0v) is 10.9. The van der Waals surface area contributed by atoms with E-state index < -0.39 is 0 Å². The quantitative estimate of drug-likeness (QED) is 0.911. The van der Waals surface area contributed by atoms with Crippen LogP contribution in [0.1, 0.15) is 17.0 Å². The number of halogens is 1. The molecule has 1 N–H and O–H groups in total. The molecule has 0 aliphatic carbocycles. The minimum Gasteiger partial charge on any atom is -0.366 e. The molecule has 90 valence electrons. The first-order valence-electron chi connectivity index (χ1n) is 5.42. The molecule has 0 saturated heterocycles. The van der Waals surface area contributed by atoms with E-state index in [1.165, 1.54) is 5.56 Å². The molecule has 0 aromatic carbocycles. The van der Waals surface area contributed by atoms with E-state index in [0.717, 1.165) is 17.2 Å². The van der Waals surface area contributed by atoms with Crippen molar-refractivity contribution in [3.8, 4) is 0 Å². The zero-order chi connectivity index (χ0) is 12.4. The Labute approximate surface area is 106 Å². The van der Waals surface area contributed by atoms with Gasteiger partial charge in [-0.1, -0.05) is 11.6 Å². The summed E-state index contributed by atoms with van der Waals surface area (Å²) in [4.78, 5) is 4.20. The van der Waals surface area contributed by atoms with Crippen molar-refractivity contribution in [3.63, 3.8) is 0 Å². The van der Waals surface area contributed by atoms with Crippen molar-refractivity contribution in [2.45, 2.75) is 20.4 Å². The van der Waals surface area contributed by atoms with Gasteiger partial charge in [0.1, 0.15) is 5.82 Å². The van der Waals surface area contributed by atoms with E-state index in [0.29, 0.717) is 11.6 Å². The number of aromatic nitrogens is 3. The van der Waals surface area contributed by atoms with Crippen LogP contribution >= 0.6 is 11.6 Å². The number of nitrogens with zero attached hydrogens (tertiary/aromatic N) is 3. The minimum atomic E-state index is 0.683. The van der Waals surface area contributed by atoms with Crippen LogP contribution in [0.25, 0.3) is 0 Å². The maximum absolute atomic E-state index is 5.90. The maximum atomic E-state index is 5.90. The smallest absolute Gasteiger partial charge is 0.127 e. The van der Waals surface area contributed by atoms with Gasteiger partial charge in [-0.15, -0.1) is 0 Å². The number of rotatable bonds is 3. The van der Waals surface area contributed by atoms with Crippen LogP contribution in [0.3, 0.4) is 0 Å². The highest BCUT2D eigenvalue weighted by Crippen LogP contribution is 2.16. The summed E-state index contributed by atoms with van der Waals surface area (Å²) in [7, 11) is 1.95. The molecule has 0 atom stereocenters. The van der Waals surface area contributed by atoms with Crippen LogP contribution in [0, 0.1) is 13.8 Å². The van der Waals surface area contributed by atoms with Crippen molar-refractivity contribution < 1.29 is 0 Å². The molecule has 2 heterocycles. The molecule has 0 radical (unpaired) electrons. The number of hydrogen-bond acceptors (Lipinski definition) is 3. The first-order chi connectivity index (χ1) is 8.08. The molecule has 0 amide bonds. The van der Waals surface area contributed by atoms with Gasteiger partial charge in [-0.3, -0.25) is 4.68 Å². The number of nitrogens with one attached hydrogen (secondary N) is 1. The second-order valence-electron chi connectivity index (χ2n) is 3.99. The molecular weight excluding hydrogens is 236 g/mol. The van der Waals surface area contributed by atoms with Gasteiger partial charge in [-0.05, 0) is 26.0 Å². The first-order valence-corrected chi connectivity index (χ1v) is 5.80. The third kappa shape index (κ3) is 2.58. The SMILES string of the molecule is Cc1nn(C)c(C)c1CNc1cc(Cl)ccn1. The Hall–Kier alpha value is -1.55. The van der Waals surface area contributed by atoms with Gasteiger partial charge in [-0.25, -0.2) is 4.98 Å². The second-order valence-corrected chi connectivity index (χ2v) is 4.42. The van der Waals surface area contributed by atoms with Gasteiger partial charge in [0.25, 0.3) is 0 Å². The van der Waals surface area contributed by atoms with E-state index in [1.54, 1.807) is 12.3 Å². The van der Waals surface area contributed by atoms with Crippen molar-refractivity contribution in [2.75, 3.05) is 5.32 Å². The Morgan fingerprint density at radius 3 is 2.76 bits per heavy atom. The van der Waals surface area contributed by atoms with Crippen LogP contribution in [0.5, 0.6) is 0 Å². The van der Waals surface area contributed by atoms with Gasteiger partial charge in [0.05, 0.1) is 5.69 Å². The summed E-state index contributed by atoms with van der Waals surface area (Å²) in [6.45, 7) is 4.77. The van der Waals surface area contributed by atoms with Crippen molar-refractivity contribution in [3.05, 3.63) is 40.3 Å². The largest absolute Gasteiger partial charge is 0.366 e. The highest BCUT2D eigenvalue weighted by molar-refractivity contribution is 6.30. The molecule has 2 aromatic rings. The van der Waals surface area contributed by atoms with Gasteiger partial charge in [0.2, 0.25) is 0 Å². The topological polar surface area (TPSA) is 42.7 Å². The van der Waals surface area contributed by atoms with Gasteiger partial charge >= 0.3 is 0 Å². The Morgan fingerprint density at radius 2 is 2.18 bits per heavy atom. The summed E-state index contributed by atoms with van der Waals surface area (Å²) in [6.07, 6.45) is 1.69. The van der Waals surface area contributed by atoms with Crippen LogP contribution < -0.4 is 5.32 Å². The fraction of sp³-hybridized carbons (Fsp3) is 0.333. The minimum absolute atomic E-state index is 0.683. The predicted octanol–water partition coefficient (Wildman–Crippen LogP) is 2.70. The van der Waals surface area contributed by atoms with E-state index in [4.69, 9.17) is 11.6 Å². The van der Waals surface area contributed by atoms with Gasteiger partial charge < -0.3 is 5.32 Å². The van der Waals surface area contributed by atoms with Crippen molar-refractivity contribution in [1.29, 1.82) is 0 Å². The Balaban J connectivity index is 2.12. The van der Waals surface area contributed by atoms with Gasteiger partial charge in [-0.2, -0.15) is 5.10 Å². The van der Waals surface area contributed by atoms with Crippen molar-refractivity contribution >= 4 is 17.4 Å². The number of pyridine rings is 1. The number of hydrogen-bond donors (Lipinski definition) is 1. The standard InChI is InChI=1S/C12H15ClN4/c1-8-11(9(2)17(3)16-8)7-15-12-6-10(13)4-5-14-12/h4-6H,7H2,1-3H3,(H,14,15). The first kappa shape index (κ1) is 11.9. The van der Waals surface area contributed by atoms with Gasteiger partial charge in [0, 0.05) is 36.1 Å². The lowest BCUT2D eigenvalue weighted by atomic mass is 10.2. The van der Waals surface area contributed by atoms with Crippen molar-refractivity contribution in [1.82, 2.24) is 14.8 Å². The molecule has 17 heavy (non-hydrogen) atoms. The molecule has 0 unspecified atom stereocenters. The maximum Gasteiger partial charge on any atom is 0.127 e. The Bertz CT molecular complexity index is 533. The summed E-state index contributed by atoms with van der Waals surface area (Å²) in [5.74, 6) is 0.778. The van der Waals surface area contributed by atoms with Crippen LogP contribution in [0.2, 0.25) is 5.02 Å². The van der Waals surface area contributed by atoms with E-state index >= 15 is 0 Å².